The summed E-state index contributed by atoms with van der Waals surface area (Å²) in [6.07, 6.45) is 8.75. The molecule has 0 aromatic carbocycles. The van der Waals surface area contributed by atoms with Crippen molar-refractivity contribution in [2.24, 2.45) is 4.99 Å². The number of aryl methyl sites for hydroxylation is 1. The molecule has 1 fully saturated rings. The average Bonchev–Trinajstić information content (AvgIpc) is 3.23. The first-order valence-corrected chi connectivity index (χ1v) is 9.58. The topological polar surface area (TPSA) is 69.6 Å². The van der Waals surface area contributed by atoms with Crippen molar-refractivity contribution in [2.75, 3.05) is 27.2 Å². The second kappa shape index (κ2) is 9.61. The standard InChI is InChI=1S/C17H29N5OS/c1-4-14-11-19-15(24-14)9-10-18-17(20-12-16(23)22(2)3)21-13-7-5-6-8-13/h11,13H,4-10,12H2,1-3H3,(H2,18,20,21). The first-order chi connectivity index (χ1) is 11.6. The fraction of sp³-hybridized carbons (Fsp3) is 0.706. The number of thiazole rings is 1. The fourth-order valence-electron chi connectivity index (χ4n) is 2.62. The normalized spacial score (nSPS) is 15.5. The van der Waals surface area contributed by atoms with Crippen molar-refractivity contribution < 1.29 is 4.79 Å². The Balaban J connectivity index is 1.86. The maximum atomic E-state index is 11.8. The molecule has 0 atom stereocenters. The van der Waals surface area contributed by atoms with Crippen molar-refractivity contribution in [3.63, 3.8) is 0 Å². The first kappa shape index (κ1) is 18.7. The van der Waals surface area contributed by atoms with Gasteiger partial charge in [-0.1, -0.05) is 19.8 Å². The van der Waals surface area contributed by atoms with Gasteiger partial charge in [0.2, 0.25) is 5.91 Å². The number of rotatable bonds is 7. The van der Waals surface area contributed by atoms with Crippen LogP contribution >= 0.6 is 11.3 Å². The van der Waals surface area contributed by atoms with Gasteiger partial charge in [0, 0.05) is 44.2 Å². The monoisotopic (exact) mass is 351 g/mol. The molecule has 6 nitrogen and oxygen atoms in total. The Morgan fingerprint density at radius 3 is 2.79 bits per heavy atom. The van der Waals surface area contributed by atoms with Gasteiger partial charge in [0.15, 0.2) is 5.96 Å². The minimum Gasteiger partial charge on any atom is -0.356 e. The van der Waals surface area contributed by atoms with Crippen LogP contribution in [0.1, 0.15) is 42.5 Å². The van der Waals surface area contributed by atoms with E-state index in [0.29, 0.717) is 6.04 Å². The molecule has 1 aliphatic carbocycles. The number of aliphatic imine (C=N–C) groups is 1. The number of likely N-dealkylation sites (N-methyl/N-ethyl adjacent to an activating group) is 1. The summed E-state index contributed by atoms with van der Waals surface area (Å²) in [5, 5.41) is 7.96. The second-order valence-corrected chi connectivity index (χ2v) is 7.53. The Morgan fingerprint density at radius 2 is 2.17 bits per heavy atom. The van der Waals surface area contributed by atoms with Crippen molar-refractivity contribution in [3.05, 3.63) is 16.1 Å². The molecule has 1 amide bonds. The molecule has 0 saturated heterocycles. The molecule has 1 aromatic rings. The third-order valence-electron chi connectivity index (χ3n) is 4.15. The summed E-state index contributed by atoms with van der Waals surface area (Å²) < 4.78 is 0. The summed E-state index contributed by atoms with van der Waals surface area (Å²) in [4.78, 5) is 23.5. The molecule has 0 unspecified atom stereocenters. The predicted octanol–water partition coefficient (Wildman–Crippen LogP) is 1.81. The average molecular weight is 352 g/mol. The number of carbonyl (C=O) groups is 1. The van der Waals surface area contributed by atoms with Crippen LogP contribution in [0.25, 0.3) is 0 Å². The molecule has 1 saturated carbocycles. The van der Waals surface area contributed by atoms with Crippen molar-refractivity contribution >= 4 is 23.2 Å². The van der Waals surface area contributed by atoms with Crippen LogP contribution in [0.3, 0.4) is 0 Å². The van der Waals surface area contributed by atoms with E-state index in [4.69, 9.17) is 0 Å². The number of nitrogens with one attached hydrogen (secondary N) is 2. The number of nitrogens with zero attached hydrogens (tertiary/aromatic N) is 3. The van der Waals surface area contributed by atoms with Gasteiger partial charge >= 0.3 is 0 Å². The largest absolute Gasteiger partial charge is 0.356 e. The summed E-state index contributed by atoms with van der Waals surface area (Å²) in [5.41, 5.74) is 0. The van der Waals surface area contributed by atoms with Crippen LogP contribution in [-0.2, 0) is 17.6 Å². The highest BCUT2D eigenvalue weighted by molar-refractivity contribution is 7.11. The van der Waals surface area contributed by atoms with E-state index in [-0.39, 0.29) is 12.5 Å². The maximum Gasteiger partial charge on any atom is 0.243 e. The van der Waals surface area contributed by atoms with Gasteiger partial charge in [0.25, 0.3) is 0 Å². The van der Waals surface area contributed by atoms with Gasteiger partial charge in [-0.2, -0.15) is 0 Å². The molecule has 0 aliphatic heterocycles. The van der Waals surface area contributed by atoms with E-state index in [1.54, 1.807) is 30.3 Å². The van der Waals surface area contributed by atoms with Gasteiger partial charge in [0.05, 0.1) is 5.01 Å². The lowest BCUT2D eigenvalue weighted by Crippen LogP contribution is -2.43. The van der Waals surface area contributed by atoms with Crippen LogP contribution in [0, 0.1) is 0 Å². The van der Waals surface area contributed by atoms with Crippen molar-refractivity contribution in [2.45, 2.75) is 51.5 Å². The van der Waals surface area contributed by atoms with Crippen molar-refractivity contribution in [3.8, 4) is 0 Å². The van der Waals surface area contributed by atoms with Gasteiger partial charge in [-0.15, -0.1) is 11.3 Å². The number of guanidine groups is 1. The van der Waals surface area contributed by atoms with Gasteiger partial charge in [-0.3, -0.25) is 4.79 Å². The third-order valence-corrected chi connectivity index (χ3v) is 5.35. The first-order valence-electron chi connectivity index (χ1n) is 8.77. The molecular formula is C17H29N5OS. The third kappa shape index (κ3) is 6.11. The Kier molecular flexibility index (Phi) is 7.49. The van der Waals surface area contributed by atoms with Gasteiger partial charge in [-0.05, 0) is 19.3 Å². The lowest BCUT2D eigenvalue weighted by atomic mass is 10.2. The predicted molar refractivity (Wildman–Crippen MR) is 99.6 cm³/mol. The highest BCUT2D eigenvalue weighted by atomic mass is 32.1. The zero-order valence-electron chi connectivity index (χ0n) is 15.0. The Morgan fingerprint density at radius 1 is 1.42 bits per heavy atom. The minimum absolute atomic E-state index is 0.00929. The Labute approximate surface area is 148 Å². The van der Waals surface area contributed by atoms with E-state index < -0.39 is 0 Å². The smallest absolute Gasteiger partial charge is 0.243 e. The van der Waals surface area contributed by atoms with E-state index >= 15 is 0 Å². The molecule has 134 valence electrons. The van der Waals surface area contributed by atoms with Gasteiger partial charge in [0.1, 0.15) is 6.54 Å². The van der Waals surface area contributed by atoms with Crippen molar-refractivity contribution in [1.82, 2.24) is 20.5 Å². The molecule has 2 N–H and O–H groups in total. The van der Waals surface area contributed by atoms with Crippen molar-refractivity contribution in [1.29, 1.82) is 0 Å². The summed E-state index contributed by atoms with van der Waals surface area (Å²) in [6.45, 7) is 3.09. The molecule has 1 heterocycles. The number of hydrogen-bond donors (Lipinski definition) is 2. The summed E-state index contributed by atoms with van der Waals surface area (Å²) in [6, 6.07) is 0.470. The molecule has 0 spiro atoms. The van der Waals surface area contributed by atoms with Gasteiger partial charge in [-0.25, -0.2) is 9.98 Å². The summed E-state index contributed by atoms with van der Waals surface area (Å²) in [5.74, 6) is 0.749. The molecule has 2 rings (SSSR count). The van der Waals surface area contributed by atoms with E-state index in [9.17, 15) is 4.79 Å². The number of hydrogen-bond acceptors (Lipinski definition) is 4. The van der Waals surface area contributed by atoms with E-state index in [1.807, 2.05) is 6.20 Å². The second-order valence-electron chi connectivity index (χ2n) is 6.33. The van der Waals surface area contributed by atoms with E-state index in [1.165, 1.54) is 30.6 Å². The molecule has 7 heteroatoms. The van der Waals surface area contributed by atoms with E-state index in [2.05, 4.69) is 27.5 Å². The fourth-order valence-corrected chi connectivity index (χ4v) is 3.48. The SMILES string of the molecule is CCc1cnc(CCNC(=NCC(=O)N(C)C)NC2CCCC2)s1. The number of amides is 1. The molecule has 1 aromatic heterocycles. The molecule has 0 radical (unpaired) electrons. The number of aromatic nitrogens is 1. The van der Waals surface area contributed by atoms with E-state index in [0.717, 1.165) is 30.4 Å². The molecule has 0 bridgehead atoms. The summed E-state index contributed by atoms with van der Waals surface area (Å²) >= 11 is 1.77. The number of carbonyl (C=O) groups excluding carboxylic acids is 1. The highest BCUT2D eigenvalue weighted by Crippen LogP contribution is 2.17. The Hall–Kier alpha value is -1.63. The molecular weight excluding hydrogens is 322 g/mol. The van der Waals surface area contributed by atoms with Crippen LogP contribution in [0.15, 0.2) is 11.2 Å². The van der Waals surface area contributed by atoms with Crippen LogP contribution in [0.4, 0.5) is 0 Å². The summed E-state index contributed by atoms with van der Waals surface area (Å²) in [7, 11) is 3.51. The van der Waals surface area contributed by atoms with Gasteiger partial charge < -0.3 is 15.5 Å². The Bertz CT molecular complexity index is 549. The van der Waals surface area contributed by atoms with Crippen LogP contribution in [-0.4, -0.2) is 55.0 Å². The zero-order chi connectivity index (χ0) is 17.4. The molecule has 1 aliphatic rings. The zero-order valence-corrected chi connectivity index (χ0v) is 15.8. The van der Waals surface area contributed by atoms with Crippen LogP contribution in [0.2, 0.25) is 0 Å². The lowest BCUT2D eigenvalue weighted by Gasteiger charge is -2.17. The van der Waals surface area contributed by atoms with Crippen LogP contribution in [0.5, 0.6) is 0 Å². The minimum atomic E-state index is 0.00929. The lowest BCUT2D eigenvalue weighted by molar-refractivity contribution is -0.127. The highest BCUT2D eigenvalue weighted by Gasteiger charge is 2.16. The quantitative estimate of drug-likeness (QED) is 0.581. The molecule has 24 heavy (non-hydrogen) atoms. The van der Waals surface area contributed by atoms with Crippen LogP contribution < -0.4 is 10.6 Å². The maximum absolute atomic E-state index is 11.8.